The summed E-state index contributed by atoms with van der Waals surface area (Å²) in [6.07, 6.45) is 2.23. The molecule has 2 N–H and O–H groups in total. The smallest absolute Gasteiger partial charge is 0.123 e. The minimum atomic E-state index is -0.303. The zero-order valence-corrected chi connectivity index (χ0v) is 11.8. The van der Waals surface area contributed by atoms with Crippen molar-refractivity contribution in [1.82, 2.24) is 9.97 Å². The molecule has 0 spiro atoms. The molecule has 106 valence electrons. The molecule has 0 saturated heterocycles. The van der Waals surface area contributed by atoms with E-state index in [0.29, 0.717) is 6.42 Å². The fourth-order valence-corrected chi connectivity index (χ4v) is 2.35. The lowest BCUT2D eigenvalue weighted by Crippen LogP contribution is -2.16. The Morgan fingerprint density at radius 1 is 1.14 bits per heavy atom. The van der Waals surface area contributed by atoms with Crippen LogP contribution < -0.4 is 5.73 Å². The van der Waals surface area contributed by atoms with Crippen LogP contribution in [-0.4, -0.2) is 9.97 Å². The number of aryl methyl sites for hydroxylation is 1. The summed E-state index contributed by atoms with van der Waals surface area (Å²) in [6.45, 7) is 1.95. The summed E-state index contributed by atoms with van der Waals surface area (Å²) in [4.78, 5) is 8.91. The molecule has 1 heterocycles. The lowest BCUT2D eigenvalue weighted by Gasteiger charge is -2.13. The number of nitrogens with two attached hydrogens (primary N) is 1. The quantitative estimate of drug-likeness (QED) is 0.801. The van der Waals surface area contributed by atoms with Crippen molar-refractivity contribution in [2.24, 2.45) is 5.73 Å². The Balaban J connectivity index is 1.89. The minimum absolute atomic E-state index is 0.243. The predicted molar refractivity (Wildman–Crippen MR) is 81.3 cm³/mol. The summed E-state index contributed by atoms with van der Waals surface area (Å²) in [5, 5.41) is 0. The molecule has 0 aliphatic carbocycles. The van der Waals surface area contributed by atoms with Gasteiger partial charge in [-0.15, -0.1) is 0 Å². The maximum atomic E-state index is 13.3. The van der Waals surface area contributed by atoms with E-state index < -0.39 is 0 Å². The molecule has 3 aromatic rings. The van der Waals surface area contributed by atoms with Crippen LogP contribution in [0.4, 0.5) is 4.39 Å². The van der Waals surface area contributed by atoms with Crippen LogP contribution in [0, 0.1) is 12.7 Å². The Hall–Kier alpha value is -2.33. The molecule has 1 aromatic heterocycles. The normalized spacial score (nSPS) is 12.5. The van der Waals surface area contributed by atoms with Crippen LogP contribution in [0.2, 0.25) is 0 Å². The monoisotopic (exact) mass is 281 g/mol. The van der Waals surface area contributed by atoms with Crippen molar-refractivity contribution in [2.75, 3.05) is 0 Å². The van der Waals surface area contributed by atoms with Crippen molar-refractivity contribution in [1.29, 1.82) is 0 Å². The van der Waals surface area contributed by atoms with Crippen LogP contribution >= 0.6 is 0 Å². The van der Waals surface area contributed by atoms with Gasteiger partial charge in [-0.1, -0.05) is 18.2 Å². The number of benzene rings is 2. The molecule has 3 rings (SSSR count). The maximum absolute atomic E-state index is 13.3. The van der Waals surface area contributed by atoms with Gasteiger partial charge in [0.2, 0.25) is 0 Å². The van der Waals surface area contributed by atoms with E-state index >= 15 is 0 Å². The second kappa shape index (κ2) is 5.58. The fraction of sp³-hybridized carbons (Fsp3) is 0.176. The zero-order valence-electron chi connectivity index (χ0n) is 11.8. The largest absolute Gasteiger partial charge is 0.322 e. The van der Waals surface area contributed by atoms with Crippen molar-refractivity contribution >= 4 is 11.0 Å². The van der Waals surface area contributed by atoms with E-state index in [2.05, 4.69) is 9.97 Å². The Kier molecular flexibility index (Phi) is 3.62. The number of aromatic nitrogens is 2. The predicted octanol–water partition coefficient (Wildman–Crippen LogP) is 3.32. The summed E-state index contributed by atoms with van der Waals surface area (Å²) in [7, 11) is 0. The number of nitrogens with zero attached hydrogens (tertiary/aromatic N) is 2. The van der Waals surface area contributed by atoms with Gasteiger partial charge in [0.15, 0.2) is 0 Å². The molecule has 21 heavy (non-hydrogen) atoms. The highest BCUT2D eigenvalue weighted by Crippen LogP contribution is 2.19. The van der Waals surface area contributed by atoms with E-state index in [9.17, 15) is 4.39 Å². The Morgan fingerprint density at radius 2 is 1.90 bits per heavy atom. The maximum Gasteiger partial charge on any atom is 0.123 e. The molecule has 3 nitrogen and oxygen atoms in total. The van der Waals surface area contributed by atoms with Gasteiger partial charge in [0, 0.05) is 0 Å². The van der Waals surface area contributed by atoms with Gasteiger partial charge < -0.3 is 5.73 Å². The van der Waals surface area contributed by atoms with Crippen LogP contribution in [0.1, 0.15) is 22.9 Å². The first-order valence-electron chi connectivity index (χ1n) is 6.86. The van der Waals surface area contributed by atoms with E-state index in [1.165, 1.54) is 12.1 Å². The number of rotatable bonds is 3. The number of hydrogen-bond acceptors (Lipinski definition) is 3. The first-order chi connectivity index (χ1) is 10.1. The lowest BCUT2D eigenvalue weighted by molar-refractivity contribution is 0.619. The molecular formula is C17H16FN3. The number of hydrogen-bond donors (Lipinski definition) is 1. The molecule has 4 heteroatoms. The zero-order chi connectivity index (χ0) is 14.8. The van der Waals surface area contributed by atoms with Crippen molar-refractivity contribution < 1.29 is 4.39 Å². The molecule has 0 fully saturated rings. The van der Waals surface area contributed by atoms with Crippen LogP contribution in [0.5, 0.6) is 0 Å². The topological polar surface area (TPSA) is 51.8 Å². The summed E-state index contributed by atoms with van der Waals surface area (Å²) in [5.41, 5.74) is 10.5. The van der Waals surface area contributed by atoms with Gasteiger partial charge in [0.25, 0.3) is 0 Å². The standard InChI is InChI=1S/C17H16FN3/c1-11-6-7-13(18)8-12(11)9-14(19)17-10-20-15-4-2-3-5-16(15)21-17/h2-8,10,14H,9,19H2,1H3. The summed E-state index contributed by atoms with van der Waals surface area (Å²) >= 11 is 0. The SMILES string of the molecule is Cc1ccc(F)cc1CC(N)c1cnc2ccccc2n1. The average molecular weight is 281 g/mol. The van der Waals surface area contributed by atoms with Gasteiger partial charge in [-0.2, -0.15) is 0 Å². The molecule has 0 amide bonds. The van der Waals surface area contributed by atoms with Crippen molar-refractivity contribution in [3.63, 3.8) is 0 Å². The van der Waals surface area contributed by atoms with Gasteiger partial charge in [0.1, 0.15) is 5.82 Å². The highest BCUT2D eigenvalue weighted by molar-refractivity contribution is 5.73. The third-order valence-electron chi connectivity index (χ3n) is 3.60. The van der Waals surface area contributed by atoms with Crippen molar-refractivity contribution in [2.45, 2.75) is 19.4 Å². The summed E-state index contributed by atoms with van der Waals surface area (Å²) in [6, 6.07) is 12.1. The molecule has 2 aromatic carbocycles. The van der Waals surface area contributed by atoms with E-state index in [4.69, 9.17) is 5.73 Å². The average Bonchev–Trinajstić information content (AvgIpc) is 2.50. The first kappa shape index (κ1) is 13.6. The second-order valence-corrected chi connectivity index (χ2v) is 5.17. The number of para-hydroxylation sites is 2. The Bertz CT molecular complexity index is 786. The van der Waals surface area contributed by atoms with Crippen LogP contribution in [-0.2, 0) is 6.42 Å². The van der Waals surface area contributed by atoms with Gasteiger partial charge in [-0.3, -0.25) is 4.98 Å². The van der Waals surface area contributed by atoms with Crippen LogP contribution in [0.25, 0.3) is 11.0 Å². The highest BCUT2D eigenvalue weighted by atomic mass is 19.1. The van der Waals surface area contributed by atoms with Crippen molar-refractivity contribution in [3.05, 3.63) is 71.3 Å². The molecular weight excluding hydrogens is 265 g/mol. The number of fused-ring (bicyclic) bond motifs is 1. The molecule has 0 saturated carbocycles. The van der Waals surface area contributed by atoms with E-state index in [0.717, 1.165) is 27.9 Å². The van der Waals surface area contributed by atoms with Crippen LogP contribution in [0.3, 0.4) is 0 Å². The minimum Gasteiger partial charge on any atom is -0.322 e. The lowest BCUT2D eigenvalue weighted by atomic mass is 10.00. The summed E-state index contributed by atoms with van der Waals surface area (Å²) < 4.78 is 13.3. The van der Waals surface area contributed by atoms with Crippen LogP contribution in [0.15, 0.2) is 48.7 Å². The van der Waals surface area contributed by atoms with Gasteiger partial charge in [-0.05, 0) is 48.7 Å². The molecule has 1 unspecified atom stereocenters. The first-order valence-corrected chi connectivity index (χ1v) is 6.86. The molecule has 0 radical (unpaired) electrons. The van der Waals surface area contributed by atoms with Gasteiger partial charge in [0.05, 0.1) is 29.0 Å². The highest BCUT2D eigenvalue weighted by Gasteiger charge is 2.12. The van der Waals surface area contributed by atoms with Crippen molar-refractivity contribution in [3.8, 4) is 0 Å². The van der Waals surface area contributed by atoms with Gasteiger partial charge in [-0.25, -0.2) is 9.37 Å². The Morgan fingerprint density at radius 3 is 2.71 bits per heavy atom. The molecule has 0 aliphatic rings. The van der Waals surface area contributed by atoms with E-state index in [1.54, 1.807) is 12.3 Å². The third-order valence-corrected chi connectivity index (χ3v) is 3.60. The van der Waals surface area contributed by atoms with Gasteiger partial charge >= 0.3 is 0 Å². The fourth-order valence-electron chi connectivity index (χ4n) is 2.35. The molecule has 0 bridgehead atoms. The summed E-state index contributed by atoms with van der Waals surface area (Å²) in [5.74, 6) is -0.243. The Labute approximate surface area is 122 Å². The molecule has 1 atom stereocenters. The third kappa shape index (κ3) is 2.90. The molecule has 0 aliphatic heterocycles. The van der Waals surface area contributed by atoms with E-state index in [-0.39, 0.29) is 11.9 Å². The van der Waals surface area contributed by atoms with E-state index in [1.807, 2.05) is 31.2 Å². The number of halogens is 1. The second-order valence-electron chi connectivity index (χ2n) is 5.17.